The molecule has 0 aromatic heterocycles. The van der Waals surface area contributed by atoms with Gasteiger partial charge in [0.2, 0.25) is 0 Å². The van der Waals surface area contributed by atoms with Crippen LogP contribution in [0.5, 0.6) is 0 Å². The third kappa shape index (κ3) is 17.0. The fourth-order valence-corrected chi connectivity index (χ4v) is 1.99. The Kier molecular flexibility index (Phi) is 16.1. The van der Waals surface area contributed by atoms with Crippen LogP contribution >= 0.6 is 0 Å². The zero-order chi connectivity index (χ0) is 14.0. The van der Waals surface area contributed by atoms with Gasteiger partial charge in [0, 0.05) is 0 Å². The summed E-state index contributed by atoms with van der Waals surface area (Å²) >= 11 is 0. The zero-order valence-corrected chi connectivity index (χ0v) is 13.0. The van der Waals surface area contributed by atoms with Crippen molar-refractivity contribution in [2.24, 2.45) is 0 Å². The van der Waals surface area contributed by atoms with Crippen LogP contribution in [0.25, 0.3) is 0 Å². The molecule has 0 nitrogen and oxygen atoms in total. The highest BCUT2D eigenvalue weighted by molar-refractivity contribution is 5.10. The highest BCUT2D eigenvalue weighted by atomic mass is 14.0. The molecule has 0 aromatic carbocycles. The molecule has 0 aromatic rings. The van der Waals surface area contributed by atoms with Crippen LogP contribution in [-0.4, -0.2) is 0 Å². The van der Waals surface area contributed by atoms with Crippen molar-refractivity contribution in [1.29, 1.82) is 0 Å². The fraction of sp³-hybridized carbons (Fsp3) is 0.632. The molecule has 0 saturated heterocycles. The van der Waals surface area contributed by atoms with E-state index < -0.39 is 0 Å². The molecule has 0 aliphatic heterocycles. The SMILES string of the molecule is C/C=C/C=C/C=C=CCCCCCCCCCCC. The van der Waals surface area contributed by atoms with Gasteiger partial charge in [-0.2, -0.15) is 0 Å². The molecule has 0 aliphatic rings. The van der Waals surface area contributed by atoms with Gasteiger partial charge in [-0.15, -0.1) is 5.73 Å². The molecule has 0 atom stereocenters. The van der Waals surface area contributed by atoms with E-state index in [1.165, 1.54) is 64.2 Å². The molecule has 0 aliphatic carbocycles. The Morgan fingerprint density at radius 3 is 2.00 bits per heavy atom. The van der Waals surface area contributed by atoms with Gasteiger partial charge in [-0.05, 0) is 31.9 Å². The number of unbranched alkanes of at least 4 members (excludes halogenated alkanes) is 9. The Bertz CT molecular complexity index is 274. The molecule has 0 radical (unpaired) electrons. The van der Waals surface area contributed by atoms with Crippen molar-refractivity contribution in [3.63, 3.8) is 0 Å². The van der Waals surface area contributed by atoms with E-state index in [0.29, 0.717) is 0 Å². The normalized spacial score (nSPS) is 11.1. The average molecular weight is 260 g/mol. The van der Waals surface area contributed by atoms with Gasteiger partial charge in [0.1, 0.15) is 0 Å². The molecule has 0 amide bonds. The summed E-state index contributed by atoms with van der Waals surface area (Å²) in [6, 6.07) is 0. The van der Waals surface area contributed by atoms with Crippen molar-refractivity contribution in [3.05, 3.63) is 42.2 Å². The number of allylic oxidation sites excluding steroid dienone is 5. The number of hydrogen-bond acceptors (Lipinski definition) is 0. The maximum atomic E-state index is 3.20. The highest BCUT2D eigenvalue weighted by Gasteiger charge is 1.90. The lowest BCUT2D eigenvalue weighted by Gasteiger charge is -2.00. The first-order chi connectivity index (χ1) is 9.41. The van der Waals surface area contributed by atoms with E-state index in [1.54, 1.807) is 0 Å². The molecule has 0 N–H and O–H groups in total. The van der Waals surface area contributed by atoms with Crippen LogP contribution in [0.2, 0.25) is 0 Å². The minimum absolute atomic E-state index is 1.17. The molecule has 0 unspecified atom stereocenters. The Morgan fingerprint density at radius 2 is 1.37 bits per heavy atom. The van der Waals surface area contributed by atoms with Crippen LogP contribution in [-0.2, 0) is 0 Å². The monoisotopic (exact) mass is 260 g/mol. The van der Waals surface area contributed by atoms with Crippen molar-refractivity contribution < 1.29 is 0 Å². The summed E-state index contributed by atoms with van der Waals surface area (Å²) in [5.74, 6) is 0. The Morgan fingerprint density at radius 1 is 0.737 bits per heavy atom. The number of hydrogen-bond donors (Lipinski definition) is 0. The Labute approximate surface area is 121 Å². The molecular weight excluding hydrogens is 228 g/mol. The van der Waals surface area contributed by atoms with Crippen LogP contribution in [0.15, 0.2) is 42.2 Å². The molecule has 0 spiro atoms. The van der Waals surface area contributed by atoms with Gasteiger partial charge in [-0.3, -0.25) is 0 Å². The minimum atomic E-state index is 1.17. The molecule has 0 fully saturated rings. The standard InChI is InChI=1S/C19H32/c1-3-5-7-9-11-13-15-17-19-18-16-14-12-10-8-6-4-2/h3,5,7,9,11,15H,4,6,8,10,12,14,16-19H2,1-2H3/b5-3+,9-7+. The van der Waals surface area contributed by atoms with Crippen LogP contribution in [0.1, 0.15) is 78.1 Å². The van der Waals surface area contributed by atoms with E-state index in [9.17, 15) is 0 Å². The molecule has 19 heavy (non-hydrogen) atoms. The second-order valence-corrected chi connectivity index (χ2v) is 5.07. The fourth-order valence-electron chi connectivity index (χ4n) is 1.99. The van der Waals surface area contributed by atoms with Gasteiger partial charge < -0.3 is 0 Å². The molecule has 108 valence electrons. The zero-order valence-electron chi connectivity index (χ0n) is 13.0. The minimum Gasteiger partial charge on any atom is -0.125 e. The molecule has 0 heterocycles. The molecule has 0 saturated carbocycles. The maximum Gasteiger partial charge on any atom is -0.0203 e. The first-order valence-corrected chi connectivity index (χ1v) is 8.10. The van der Waals surface area contributed by atoms with Crippen LogP contribution in [0, 0.1) is 0 Å². The first-order valence-electron chi connectivity index (χ1n) is 8.10. The lowest BCUT2D eigenvalue weighted by atomic mass is 10.1. The van der Waals surface area contributed by atoms with Crippen molar-refractivity contribution in [1.82, 2.24) is 0 Å². The van der Waals surface area contributed by atoms with Crippen molar-refractivity contribution in [2.75, 3.05) is 0 Å². The van der Waals surface area contributed by atoms with Gasteiger partial charge in [0.05, 0.1) is 0 Å². The molecule has 0 rings (SSSR count). The largest absolute Gasteiger partial charge is 0.125 e. The summed E-state index contributed by atoms with van der Waals surface area (Å²) in [7, 11) is 0. The quantitative estimate of drug-likeness (QED) is 0.207. The van der Waals surface area contributed by atoms with Gasteiger partial charge in [0.25, 0.3) is 0 Å². The Balaban J connectivity index is 3.24. The van der Waals surface area contributed by atoms with E-state index in [2.05, 4.69) is 18.7 Å². The lowest BCUT2D eigenvalue weighted by molar-refractivity contribution is 0.566. The maximum absolute atomic E-state index is 3.20. The summed E-state index contributed by atoms with van der Waals surface area (Å²) < 4.78 is 0. The summed E-state index contributed by atoms with van der Waals surface area (Å²) in [5.41, 5.74) is 3.20. The molecule has 0 heteroatoms. The summed E-state index contributed by atoms with van der Waals surface area (Å²) in [6.45, 7) is 4.30. The predicted octanol–water partition coefficient (Wildman–Crippen LogP) is 6.75. The molecular formula is C19H32. The van der Waals surface area contributed by atoms with Crippen molar-refractivity contribution in [2.45, 2.75) is 78.1 Å². The van der Waals surface area contributed by atoms with Gasteiger partial charge in [-0.1, -0.05) is 82.6 Å². The molecule has 0 bridgehead atoms. The Hall–Kier alpha value is -1.00. The van der Waals surface area contributed by atoms with Crippen LogP contribution < -0.4 is 0 Å². The van der Waals surface area contributed by atoms with Gasteiger partial charge in [0.15, 0.2) is 0 Å². The number of rotatable bonds is 12. The lowest BCUT2D eigenvalue weighted by Crippen LogP contribution is -1.80. The van der Waals surface area contributed by atoms with Crippen molar-refractivity contribution >= 4 is 0 Å². The highest BCUT2D eigenvalue weighted by Crippen LogP contribution is 2.10. The first kappa shape index (κ1) is 18.0. The average Bonchev–Trinajstić information content (AvgIpc) is 2.43. The van der Waals surface area contributed by atoms with E-state index in [0.717, 1.165) is 0 Å². The van der Waals surface area contributed by atoms with Gasteiger partial charge in [-0.25, -0.2) is 0 Å². The third-order valence-corrected chi connectivity index (χ3v) is 3.18. The smallest absolute Gasteiger partial charge is 0.0203 e. The van der Waals surface area contributed by atoms with Crippen LogP contribution in [0.4, 0.5) is 0 Å². The van der Waals surface area contributed by atoms with Crippen LogP contribution in [0.3, 0.4) is 0 Å². The van der Waals surface area contributed by atoms with E-state index >= 15 is 0 Å². The summed E-state index contributed by atoms with van der Waals surface area (Å²) in [5, 5.41) is 0. The summed E-state index contributed by atoms with van der Waals surface area (Å²) in [4.78, 5) is 0. The van der Waals surface area contributed by atoms with E-state index in [4.69, 9.17) is 0 Å². The second-order valence-electron chi connectivity index (χ2n) is 5.07. The van der Waals surface area contributed by atoms with Crippen molar-refractivity contribution in [3.8, 4) is 0 Å². The predicted molar refractivity (Wildman–Crippen MR) is 88.5 cm³/mol. The second kappa shape index (κ2) is 17.0. The third-order valence-electron chi connectivity index (χ3n) is 3.18. The van der Waals surface area contributed by atoms with E-state index in [-0.39, 0.29) is 0 Å². The van der Waals surface area contributed by atoms with E-state index in [1.807, 2.05) is 37.3 Å². The summed E-state index contributed by atoms with van der Waals surface area (Å²) in [6.07, 6.45) is 26.0. The van der Waals surface area contributed by atoms with Gasteiger partial charge >= 0.3 is 0 Å². The topological polar surface area (TPSA) is 0 Å².